The number of aliphatic hydroxyl groups is 2. The van der Waals surface area contributed by atoms with E-state index < -0.39 is 18.3 Å². The molecule has 2 unspecified atom stereocenters. The highest BCUT2D eigenvalue weighted by Crippen LogP contribution is 1.96. The Morgan fingerprint density at radius 2 is 1.70 bits per heavy atom. The molecule has 0 saturated carbocycles. The van der Waals surface area contributed by atoms with Crippen LogP contribution in [0.25, 0.3) is 0 Å². The first-order valence-electron chi connectivity index (χ1n) is 7.61. The summed E-state index contributed by atoms with van der Waals surface area (Å²) in [5.74, 6) is 0. The van der Waals surface area contributed by atoms with E-state index in [1.54, 1.807) is 6.92 Å². The van der Waals surface area contributed by atoms with E-state index in [1.807, 2.05) is 0 Å². The smallest absolute Gasteiger partial charge is 0.407 e. The van der Waals surface area contributed by atoms with Gasteiger partial charge in [0, 0.05) is 32.9 Å². The molecule has 136 valence electrons. The zero-order chi connectivity index (χ0) is 17.5. The molecule has 0 radical (unpaired) electrons. The molecule has 23 heavy (non-hydrogen) atoms. The van der Waals surface area contributed by atoms with Crippen LogP contribution in [0.2, 0.25) is 0 Å². The largest absolute Gasteiger partial charge is 0.447 e. The maximum atomic E-state index is 11.5. The van der Waals surface area contributed by atoms with E-state index in [-0.39, 0.29) is 32.5 Å². The van der Waals surface area contributed by atoms with Crippen molar-refractivity contribution >= 4 is 12.2 Å². The standard InChI is InChI=1S/C14H28N2O7/c1-11(5-8-18)16-14(20)23-10-12(21-2)9-22-13(19)15-6-3-4-7-17/h11-12,17-18H,3-10H2,1-2H3,(H,15,19)(H,16,20). The Hall–Kier alpha value is -1.58. The zero-order valence-corrected chi connectivity index (χ0v) is 13.7. The van der Waals surface area contributed by atoms with E-state index in [9.17, 15) is 9.59 Å². The molecule has 0 aliphatic heterocycles. The van der Waals surface area contributed by atoms with Crippen molar-refractivity contribution in [3.63, 3.8) is 0 Å². The third-order valence-corrected chi connectivity index (χ3v) is 2.91. The molecule has 2 amide bonds. The maximum absolute atomic E-state index is 11.5. The summed E-state index contributed by atoms with van der Waals surface area (Å²) < 4.78 is 15.0. The number of carbonyl (C=O) groups is 2. The Bertz CT molecular complexity index is 328. The van der Waals surface area contributed by atoms with E-state index in [0.717, 1.165) is 0 Å². The van der Waals surface area contributed by atoms with Gasteiger partial charge in [-0.2, -0.15) is 0 Å². The van der Waals surface area contributed by atoms with Crippen molar-refractivity contribution < 1.29 is 34.0 Å². The monoisotopic (exact) mass is 336 g/mol. The van der Waals surface area contributed by atoms with Crippen LogP contribution in [-0.2, 0) is 14.2 Å². The van der Waals surface area contributed by atoms with E-state index in [1.165, 1.54) is 7.11 Å². The molecule has 0 saturated heterocycles. The molecule has 4 N–H and O–H groups in total. The van der Waals surface area contributed by atoms with Gasteiger partial charge in [0.15, 0.2) is 0 Å². The van der Waals surface area contributed by atoms with Crippen molar-refractivity contribution in [1.82, 2.24) is 10.6 Å². The third-order valence-electron chi connectivity index (χ3n) is 2.91. The van der Waals surface area contributed by atoms with Gasteiger partial charge in [0.1, 0.15) is 19.3 Å². The molecule has 9 nitrogen and oxygen atoms in total. The second-order valence-corrected chi connectivity index (χ2v) is 4.97. The highest BCUT2D eigenvalue weighted by Gasteiger charge is 2.15. The van der Waals surface area contributed by atoms with E-state index >= 15 is 0 Å². The minimum atomic E-state index is -0.624. The van der Waals surface area contributed by atoms with Crippen LogP contribution in [0.5, 0.6) is 0 Å². The molecule has 0 aliphatic rings. The zero-order valence-electron chi connectivity index (χ0n) is 13.7. The maximum Gasteiger partial charge on any atom is 0.407 e. The predicted molar refractivity (Wildman–Crippen MR) is 82.1 cm³/mol. The van der Waals surface area contributed by atoms with Crippen LogP contribution in [0.3, 0.4) is 0 Å². The molecule has 0 rings (SSSR count). The molecule has 0 spiro atoms. The van der Waals surface area contributed by atoms with Gasteiger partial charge >= 0.3 is 12.2 Å². The Labute approximate surface area is 136 Å². The second-order valence-electron chi connectivity index (χ2n) is 4.97. The average molecular weight is 336 g/mol. The van der Waals surface area contributed by atoms with Gasteiger partial charge in [-0.1, -0.05) is 0 Å². The average Bonchev–Trinajstić information content (AvgIpc) is 2.52. The Morgan fingerprint density at radius 3 is 2.26 bits per heavy atom. The SMILES string of the molecule is COC(COC(=O)NCCCCO)COC(=O)NC(C)CCO. The normalized spacial score (nSPS) is 13.0. The lowest BCUT2D eigenvalue weighted by molar-refractivity contribution is -0.00494. The van der Waals surface area contributed by atoms with Crippen LogP contribution in [-0.4, -0.2) is 74.6 Å². The summed E-state index contributed by atoms with van der Waals surface area (Å²) in [4.78, 5) is 22.9. The number of nitrogens with one attached hydrogen (secondary N) is 2. The summed E-state index contributed by atoms with van der Waals surface area (Å²) in [5.41, 5.74) is 0. The van der Waals surface area contributed by atoms with Crippen LogP contribution in [0, 0.1) is 0 Å². The summed E-state index contributed by atoms with van der Waals surface area (Å²) in [7, 11) is 1.42. The molecular formula is C14H28N2O7. The first-order chi connectivity index (χ1) is 11.0. The van der Waals surface area contributed by atoms with Crippen molar-refractivity contribution in [2.24, 2.45) is 0 Å². The van der Waals surface area contributed by atoms with Gasteiger partial charge in [0.25, 0.3) is 0 Å². The first kappa shape index (κ1) is 21.4. The van der Waals surface area contributed by atoms with Crippen LogP contribution < -0.4 is 10.6 Å². The summed E-state index contributed by atoms with van der Waals surface area (Å²) in [6.07, 6.45) is -0.0835. The molecule has 0 aromatic carbocycles. The first-order valence-corrected chi connectivity index (χ1v) is 7.61. The van der Waals surface area contributed by atoms with Crippen LogP contribution in [0.1, 0.15) is 26.2 Å². The van der Waals surface area contributed by atoms with Crippen molar-refractivity contribution in [1.29, 1.82) is 0 Å². The quantitative estimate of drug-likeness (QED) is 0.369. The molecule has 0 aromatic heterocycles. The van der Waals surface area contributed by atoms with Gasteiger partial charge < -0.3 is 35.1 Å². The van der Waals surface area contributed by atoms with Crippen molar-refractivity contribution in [2.75, 3.05) is 40.1 Å². The summed E-state index contributed by atoms with van der Waals surface area (Å²) >= 11 is 0. The topological polar surface area (TPSA) is 126 Å². The summed E-state index contributed by atoms with van der Waals surface area (Å²) in [6.45, 7) is 2.10. The van der Waals surface area contributed by atoms with E-state index in [4.69, 9.17) is 24.4 Å². The minimum Gasteiger partial charge on any atom is -0.447 e. The van der Waals surface area contributed by atoms with Gasteiger partial charge in [0.05, 0.1) is 0 Å². The number of ether oxygens (including phenoxy) is 3. The molecule has 0 bridgehead atoms. The lowest BCUT2D eigenvalue weighted by atomic mass is 10.2. The van der Waals surface area contributed by atoms with Crippen LogP contribution >= 0.6 is 0 Å². The predicted octanol–water partition coefficient (Wildman–Crippen LogP) is -0.00280. The number of carbonyl (C=O) groups excluding carboxylic acids is 2. The van der Waals surface area contributed by atoms with Crippen LogP contribution in [0.15, 0.2) is 0 Å². The number of hydrogen-bond donors (Lipinski definition) is 4. The Morgan fingerprint density at radius 1 is 1.04 bits per heavy atom. The van der Waals surface area contributed by atoms with Crippen molar-refractivity contribution in [3.8, 4) is 0 Å². The van der Waals surface area contributed by atoms with Crippen molar-refractivity contribution in [3.05, 3.63) is 0 Å². The number of hydrogen-bond acceptors (Lipinski definition) is 7. The third kappa shape index (κ3) is 12.6. The molecular weight excluding hydrogens is 308 g/mol. The molecule has 0 heterocycles. The van der Waals surface area contributed by atoms with Gasteiger partial charge in [0.2, 0.25) is 0 Å². The van der Waals surface area contributed by atoms with E-state index in [0.29, 0.717) is 25.8 Å². The Balaban J connectivity index is 3.84. The van der Waals surface area contributed by atoms with Gasteiger partial charge in [-0.15, -0.1) is 0 Å². The van der Waals surface area contributed by atoms with Crippen molar-refractivity contribution in [2.45, 2.75) is 38.3 Å². The number of amides is 2. The molecule has 9 heteroatoms. The van der Waals surface area contributed by atoms with Gasteiger partial charge in [-0.3, -0.25) is 0 Å². The highest BCUT2D eigenvalue weighted by atomic mass is 16.6. The number of methoxy groups -OCH3 is 1. The molecule has 2 atom stereocenters. The number of alkyl carbamates (subject to hydrolysis) is 2. The highest BCUT2D eigenvalue weighted by molar-refractivity contribution is 5.67. The fourth-order valence-corrected chi connectivity index (χ4v) is 1.51. The van der Waals surface area contributed by atoms with Gasteiger partial charge in [-0.05, 0) is 26.2 Å². The van der Waals surface area contributed by atoms with Crippen LogP contribution in [0.4, 0.5) is 9.59 Å². The Kier molecular flexibility index (Phi) is 13.1. The van der Waals surface area contributed by atoms with Gasteiger partial charge in [-0.25, -0.2) is 9.59 Å². The minimum absolute atomic E-state index is 0.0244. The summed E-state index contributed by atoms with van der Waals surface area (Å²) in [5, 5.41) is 22.4. The molecule has 0 aliphatic carbocycles. The number of aliphatic hydroxyl groups excluding tert-OH is 2. The number of unbranched alkanes of at least 4 members (excludes halogenated alkanes) is 1. The fourth-order valence-electron chi connectivity index (χ4n) is 1.51. The summed E-state index contributed by atoms with van der Waals surface area (Å²) in [6, 6.07) is -0.200. The second kappa shape index (κ2) is 14.0. The fraction of sp³-hybridized carbons (Fsp3) is 0.857. The molecule has 0 fully saturated rings. The van der Waals surface area contributed by atoms with E-state index in [2.05, 4.69) is 10.6 Å². The molecule has 0 aromatic rings. The number of rotatable bonds is 12. The lowest BCUT2D eigenvalue weighted by Gasteiger charge is -2.17. The lowest BCUT2D eigenvalue weighted by Crippen LogP contribution is -2.37.